The first-order valence-electron chi connectivity index (χ1n) is 9.01. The lowest BCUT2D eigenvalue weighted by molar-refractivity contribution is -0.384. The predicted molar refractivity (Wildman–Crippen MR) is 113 cm³/mol. The van der Waals surface area contributed by atoms with Gasteiger partial charge in [-0.3, -0.25) is 15.1 Å². The molecule has 1 saturated heterocycles. The van der Waals surface area contributed by atoms with Gasteiger partial charge in [-0.2, -0.15) is 0 Å². The monoisotopic (exact) mass is 398 g/mol. The number of aryl methyl sites for hydroxylation is 1. The maximum atomic E-state index is 10.8. The summed E-state index contributed by atoms with van der Waals surface area (Å²) in [6.45, 7) is 5.22. The molecule has 7 nitrogen and oxygen atoms in total. The third-order valence-electron chi connectivity index (χ3n) is 4.42. The van der Waals surface area contributed by atoms with Crippen LogP contribution in [-0.4, -0.2) is 47.1 Å². The second-order valence-corrected chi connectivity index (χ2v) is 6.87. The summed E-state index contributed by atoms with van der Waals surface area (Å²) < 4.78 is 5.38. The van der Waals surface area contributed by atoms with Crippen molar-refractivity contribution in [3.63, 3.8) is 0 Å². The third-order valence-corrected chi connectivity index (χ3v) is 4.78. The molecule has 1 fully saturated rings. The fraction of sp³-hybridized carbons (Fsp3) is 0.300. The van der Waals surface area contributed by atoms with Gasteiger partial charge in [-0.05, 0) is 24.7 Å². The van der Waals surface area contributed by atoms with Crippen LogP contribution in [-0.2, 0) is 11.3 Å². The summed E-state index contributed by atoms with van der Waals surface area (Å²) in [5.74, 6) is 0.676. The number of rotatable bonds is 4. The van der Waals surface area contributed by atoms with E-state index in [-0.39, 0.29) is 5.69 Å². The molecule has 1 aliphatic heterocycles. The largest absolute Gasteiger partial charge is 0.378 e. The van der Waals surface area contributed by atoms with Crippen molar-refractivity contribution in [1.82, 2.24) is 10.2 Å². The fourth-order valence-corrected chi connectivity index (χ4v) is 3.03. The zero-order valence-electron chi connectivity index (χ0n) is 15.6. The number of nitrogens with zero attached hydrogens (tertiary/aromatic N) is 3. The summed E-state index contributed by atoms with van der Waals surface area (Å²) in [4.78, 5) is 17.2. The lowest BCUT2D eigenvalue weighted by atomic mass is 10.1. The van der Waals surface area contributed by atoms with E-state index in [9.17, 15) is 10.1 Å². The van der Waals surface area contributed by atoms with Gasteiger partial charge in [-0.25, -0.2) is 0 Å². The number of morpholine rings is 1. The number of nitro groups is 1. The zero-order chi connectivity index (χ0) is 19.9. The van der Waals surface area contributed by atoms with Crippen LogP contribution in [0.25, 0.3) is 0 Å². The summed E-state index contributed by atoms with van der Waals surface area (Å²) in [6, 6.07) is 14.5. The maximum absolute atomic E-state index is 10.8. The average Bonchev–Trinajstić information content (AvgIpc) is 2.72. The minimum Gasteiger partial charge on any atom is -0.378 e. The Kier molecular flexibility index (Phi) is 6.67. The van der Waals surface area contributed by atoms with Crippen LogP contribution in [0.1, 0.15) is 16.7 Å². The second kappa shape index (κ2) is 9.38. The van der Waals surface area contributed by atoms with E-state index in [1.807, 2.05) is 31.2 Å². The molecule has 0 aliphatic carbocycles. The highest BCUT2D eigenvalue weighted by atomic mass is 32.1. The van der Waals surface area contributed by atoms with Crippen molar-refractivity contribution in [2.75, 3.05) is 26.3 Å². The molecule has 0 amide bonds. The Morgan fingerprint density at radius 3 is 2.43 bits per heavy atom. The summed E-state index contributed by atoms with van der Waals surface area (Å²) in [6.07, 6.45) is 0. The van der Waals surface area contributed by atoms with Gasteiger partial charge in [0.25, 0.3) is 5.69 Å². The highest BCUT2D eigenvalue weighted by Crippen LogP contribution is 2.13. The minimum absolute atomic E-state index is 0.0677. The van der Waals surface area contributed by atoms with Crippen LogP contribution in [0.15, 0.2) is 53.5 Å². The number of aliphatic imine (C=N–C) groups is 1. The molecule has 0 radical (unpaired) electrons. The van der Waals surface area contributed by atoms with Crippen LogP contribution in [0.5, 0.6) is 0 Å². The van der Waals surface area contributed by atoms with Crippen LogP contribution in [0.3, 0.4) is 0 Å². The minimum atomic E-state index is -0.410. The Morgan fingerprint density at radius 2 is 1.82 bits per heavy atom. The van der Waals surface area contributed by atoms with E-state index in [1.54, 1.807) is 12.1 Å². The topological polar surface area (TPSA) is 80.0 Å². The Labute approximate surface area is 169 Å². The molecule has 8 heteroatoms. The first-order chi connectivity index (χ1) is 13.5. The summed E-state index contributed by atoms with van der Waals surface area (Å²) in [5.41, 5.74) is 3.05. The van der Waals surface area contributed by atoms with Gasteiger partial charge in [0.2, 0.25) is 0 Å². The molecule has 28 heavy (non-hydrogen) atoms. The SMILES string of the molecule is Cc1ccc(C(=NCc2ccc([N+](=O)[O-])cc2)NC(=S)N2CCOCC2)cc1. The molecular formula is C20H22N4O3S. The highest BCUT2D eigenvalue weighted by molar-refractivity contribution is 7.80. The lowest BCUT2D eigenvalue weighted by Crippen LogP contribution is -2.48. The molecule has 1 aliphatic rings. The molecule has 0 saturated carbocycles. The van der Waals surface area contributed by atoms with E-state index in [1.165, 1.54) is 12.1 Å². The molecule has 3 rings (SSSR count). The highest BCUT2D eigenvalue weighted by Gasteiger charge is 2.16. The number of thiocarbonyl (C=S) groups is 1. The molecule has 146 valence electrons. The second-order valence-electron chi connectivity index (χ2n) is 6.48. The van der Waals surface area contributed by atoms with E-state index in [2.05, 4.69) is 10.2 Å². The third kappa shape index (κ3) is 5.34. The zero-order valence-corrected chi connectivity index (χ0v) is 16.4. The predicted octanol–water partition coefficient (Wildman–Crippen LogP) is 3.06. The van der Waals surface area contributed by atoms with Gasteiger partial charge in [0.1, 0.15) is 5.84 Å². The van der Waals surface area contributed by atoms with Gasteiger partial charge in [0.15, 0.2) is 5.11 Å². The van der Waals surface area contributed by atoms with Crippen molar-refractivity contribution in [3.8, 4) is 0 Å². The molecule has 0 bridgehead atoms. The molecule has 0 aromatic heterocycles. The normalized spacial score (nSPS) is 14.6. The van der Waals surface area contributed by atoms with E-state index in [0.29, 0.717) is 30.7 Å². The Hall–Kier alpha value is -2.84. The summed E-state index contributed by atoms with van der Waals surface area (Å²) >= 11 is 5.56. The average molecular weight is 398 g/mol. The van der Waals surface area contributed by atoms with E-state index in [4.69, 9.17) is 21.9 Å². The van der Waals surface area contributed by atoms with E-state index in [0.717, 1.165) is 29.8 Å². The van der Waals surface area contributed by atoms with Crippen molar-refractivity contribution in [1.29, 1.82) is 0 Å². The molecule has 1 heterocycles. The number of hydrogen-bond acceptors (Lipinski definition) is 5. The van der Waals surface area contributed by atoms with Crippen molar-refractivity contribution < 1.29 is 9.66 Å². The van der Waals surface area contributed by atoms with Crippen molar-refractivity contribution >= 4 is 28.9 Å². The van der Waals surface area contributed by atoms with Crippen molar-refractivity contribution in [3.05, 3.63) is 75.3 Å². The van der Waals surface area contributed by atoms with Gasteiger partial charge in [-0.1, -0.05) is 42.0 Å². The molecule has 2 aromatic rings. The number of hydrogen-bond donors (Lipinski definition) is 1. The molecule has 0 atom stereocenters. The molecular weight excluding hydrogens is 376 g/mol. The van der Waals surface area contributed by atoms with E-state index < -0.39 is 4.92 Å². The van der Waals surface area contributed by atoms with Crippen molar-refractivity contribution in [2.45, 2.75) is 13.5 Å². The van der Waals surface area contributed by atoms with Gasteiger partial charge >= 0.3 is 0 Å². The summed E-state index contributed by atoms with van der Waals surface area (Å²) in [7, 11) is 0. The summed E-state index contributed by atoms with van der Waals surface area (Å²) in [5, 5.41) is 14.7. The number of nitrogens with one attached hydrogen (secondary N) is 1. The standard InChI is InChI=1S/C20H22N4O3S/c1-15-2-6-17(7-3-15)19(22-20(28)23-10-12-27-13-11-23)21-14-16-4-8-18(9-5-16)24(25)26/h2-9H,10-14H2,1H3,(H,21,22,28). The van der Waals surface area contributed by atoms with Crippen LogP contribution in [0, 0.1) is 17.0 Å². The Bertz CT molecular complexity index is 860. The van der Waals surface area contributed by atoms with Gasteiger partial charge < -0.3 is 15.0 Å². The molecule has 0 spiro atoms. The van der Waals surface area contributed by atoms with Crippen LogP contribution in [0.2, 0.25) is 0 Å². The lowest BCUT2D eigenvalue weighted by Gasteiger charge is -2.29. The fourth-order valence-electron chi connectivity index (χ4n) is 2.75. The van der Waals surface area contributed by atoms with Gasteiger partial charge in [0, 0.05) is 30.8 Å². The number of non-ortho nitro benzene ring substituents is 1. The van der Waals surface area contributed by atoms with Gasteiger partial charge in [0.05, 0.1) is 24.7 Å². The van der Waals surface area contributed by atoms with Gasteiger partial charge in [-0.15, -0.1) is 0 Å². The number of nitro benzene ring substituents is 1. The molecule has 0 unspecified atom stereocenters. The quantitative estimate of drug-likeness (QED) is 0.280. The van der Waals surface area contributed by atoms with Crippen LogP contribution >= 0.6 is 12.2 Å². The number of amidine groups is 1. The molecule has 1 N–H and O–H groups in total. The maximum Gasteiger partial charge on any atom is 0.269 e. The number of benzene rings is 2. The first kappa shape index (κ1) is 19.9. The number of ether oxygens (including phenoxy) is 1. The molecule has 2 aromatic carbocycles. The Morgan fingerprint density at radius 1 is 1.18 bits per heavy atom. The smallest absolute Gasteiger partial charge is 0.269 e. The Balaban J connectivity index is 1.78. The van der Waals surface area contributed by atoms with Crippen LogP contribution < -0.4 is 5.32 Å². The first-order valence-corrected chi connectivity index (χ1v) is 9.42. The van der Waals surface area contributed by atoms with E-state index >= 15 is 0 Å². The van der Waals surface area contributed by atoms with Crippen molar-refractivity contribution in [2.24, 2.45) is 4.99 Å². The van der Waals surface area contributed by atoms with Crippen LogP contribution in [0.4, 0.5) is 5.69 Å².